The Morgan fingerprint density at radius 3 is 1.84 bits per heavy atom. The minimum absolute atomic E-state index is 0.0276. The molecule has 0 atom stereocenters. The van der Waals surface area contributed by atoms with Crippen LogP contribution >= 0.6 is 11.6 Å². The third-order valence-corrected chi connectivity index (χ3v) is 10.4. The van der Waals surface area contributed by atoms with Crippen LogP contribution in [0.15, 0.2) is 54.6 Å². The zero-order valence-corrected chi connectivity index (χ0v) is 37.1. The average Bonchev–Trinajstić information content (AvgIpc) is 3.21. The first kappa shape index (κ1) is 47.4. The first-order valence-corrected chi connectivity index (χ1v) is 21.8. The molecule has 2 N–H and O–H groups in total. The van der Waals surface area contributed by atoms with Crippen LogP contribution in [0.3, 0.4) is 0 Å². The van der Waals surface area contributed by atoms with Gasteiger partial charge in [-0.1, -0.05) is 25.3 Å². The van der Waals surface area contributed by atoms with E-state index < -0.39 is 28.4 Å². The highest BCUT2D eigenvalue weighted by molar-refractivity contribution is 6.17. The molecule has 0 bridgehead atoms. The van der Waals surface area contributed by atoms with Crippen LogP contribution < -0.4 is 29.6 Å². The van der Waals surface area contributed by atoms with E-state index in [1.165, 1.54) is 0 Å². The fourth-order valence-corrected chi connectivity index (χ4v) is 6.85. The van der Waals surface area contributed by atoms with Crippen LogP contribution in [0.2, 0.25) is 0 Å². The normalized spacial score (nSPS) is 13.8. The number of halogens is 1. The van der Waals surface area contributed by atoms with E-state index in [1.807, 2.05) is 0 Å². The summed E-state index contributed by atoms with van der Waals surface area (Å²) in [7, 11) is 0. The molecule has 0 aromatic heterocycles. The molecule has 13 nitrogen and oxygen atoms in total. The lowest BCUT2D eigenvalue weighted by molar-refractivity contribution is -0.143. The topological polar surface area (TPSA) is 157 Å². The molecule has 2 heterocycles. The molecule has 2 aliphatic heterocycles. The standard InChI is InChI=1S/C47H61ClN2O11/c1-45(2,3)43(53)59-33-16-19-36-39(29-33)61-40-30-34(60-44(54)46(4,5)6)17-20-37(40)47(36)35-18-15-32(28-38(35)57-31-58-47)42(52)50-22-12-9-10-14-41(51)49-23-25-56-27-26-55-24-13-8-7-11-21-48/h15-20,28-30H,7-14,21-27,31H2,1-6H3,(H,49,51)(H,50,52). The Morgan fingerprint density at radius 1 is 0.639 bits per heavy atom. The van der Waals surface area contributed by atoms with Gasteiger partial charge in [0.15, 0.2) is 12.4 Å². The number of unbranched alkanes of at least 4 members (excludes halogenated alkanes) is 5. The molecule has 0 radical (unpaired) electrons. The minimum atomic E-state index is -1.26. The summed E-state index contributed by atoms with van der Waals surface area (Å²) < 4.78 is 41.5. The molecule has 14 heteroatoms. The van der Waals surface area contributed by atoms with Crippen molar-refractivity contribution in [3.63, 3.8) is 0 Å². The van der Waals surface area contributed by atoms with Gasteiger partial charge in [-0.15, -0.1) is 11.6 Å². The van der Waals surface area contributed by atoms with E-state index >= 15 is 0 Å². The van der Waals surface area contributed by atoms with Gasteiger partial charge in [0.05, 0.1) is 30.7 Å². The zero-order valence-electron chi connectivity index (χ0n) is 36.4. The number of esters is 2. The van der Waals surface area contributed by atoms with Crippen molar-refractivity contribution < 1.29 is 52.3 Å². The molecule has 0 aliphatic carbocycles. The number of rotatable bonds is 21. The monoisotopic (exact) mass is 864 g/mol. The van der Waals surface area contributed by atoms with Crippen LogP contribution in [0, 0.1) is 10.8 Å². The number of nitrogens with one attached hydrogen (secondary N) is 2. The van der Waals surface area contributed by atoms with Crippen molar-refractivity contribution in [2.75, 3.05) is 52.2 Å². The van der Waals surface area contributed by atoms with Gasteiger partial charge in [-0.2, -0.15) is 0 Å². The average molecular weight is 865 g/mol. The van der Waals surface area contributed by atoms with Gasteiger partial charge in [-0.3, -0.25) is 19.2 Å². The number of hydrogen-bond donors (Lipinski definition) is 2. The first-order chi connectivity index (χ1) is 29.1. The van der Waals surface area contributed by atoms with Crippen LogP contribution in [0.5, 0.6) is 28.7 Å². The minimum Gasteiger partial charge on any atom is -0.467 e. The van der Waals surface area contributed by atoms with Crippen LogP contribution in [0.25, 0.3) is 0 Å². The maximum Gasteiger partial charge on any atom is 0.316 e. The van der Waals surface area contributed by atoms with E-state index in [9.17, 15) is 19.2 Å². The van der Waals surface area contributed by atoms with Crippen LogP contribution in [-0.4, -0.2) is 75.9 Å². The second-order valence-electron chi connectivity index (χ2n) is 17.2. The molecular weight excluding hydrogens is 804 g/mol. The molecule has 2 amide bonds. The van der Waals surface area contributed by atoms with Crippen LogP contribution in [-0.2, 0) is 34.2 Å². The number of alkyl halides is 1. The van der Waals surface area contributed by atoms with E-state index in [1.54, 1.807) is 96.1 Å². The van der Waals surface area contributed by atoms with E-state index in [2.05, 4.69) is 10.6 Å². The Balaban J connectivity index is 1.17. The largest absolute Gasteiger partial charge is 0.467 e. The van der Waals surface area contributed by atoms with Crippen molar-refractivity contribution in [1.29, 1.82) is 0 Å². The molecular formula is C47H61ClN2O11. The van der Waals surface area contributed by atoms with Gasteiger partial charge >= 0.3 is 11.9 Å². The molecule has 1 spiro atoms. The molecule has 0 saturated heterocycles. The van der Waals surface area contributed by atoms with Crippen LogP contribution in [0.4, 0.5) is 0 Å². The van der Waals surface area contributed by atoms with Crippen molar-refractivity contribution in [2.24, 2.45) is 10.8 Å². The molecule has 0 unspecified atom stereocenters. The number of amides is 2. The lowest BCUT2D eigenvalue weighted by atomic mass is 9.76. The highest BCUT2D eigenvalue weighted by Gasteiger charge is 2.49. The van der Waals surface area contributed by atoms with Gasteiger partial charge in [-0.05, 0) is 104 Å². The van der Waals surface area contributed by atoms with Crippen molar-refractivity contribution >= 4 is 35.4 Å². The number of fused-ring (bicyclic) bond motifs is 6. The lowest BCUT2D eigenvalue weighted by Gasteiger charge is -2.43. The fourth-order valence-electron chi connectivity index (χ4n) is 6.66. The molecule has 3 aromatic carbocycles. The Kier molecular flexibility index (Phi) is 17.0. The lowest BCUT2D eigenvalue weighted by Crippen LogP contribution is -2.40. The third-order valence-electron chi connectivity index (χ3n) is 10.1. The summed E-state index contributed by atoms with van der Waals surface area (Å²) in [5, 5.41) is 5.86. The summed E-state index contributed by atoms with van der Waals surface area (Å²) in [6.45, 7) is 13.6. The highest BCUT2D eigenvalue weighted by Crippen LogP contribution is 2.57. The molecule has 0 fully saturated rings. The molecule has 0 saturated carbocycles. The Hall–Kier alpha value is -4.69. The number of hydrogen-bond acceptors (Lipinski definition) is 11. The number of carbonyl (C=O) groups is 4. The van der Waals surface area contributed by atoms with E-state index in [0.717, 1.165) is 38.7 Å². The first-order valence-electron chi connectivity index (χ1n) is 21.2. The summed E-state index contributed by atoms with van der Waals surface area (Å²) >= 11 is 5.69. The van der Waals surface area contributed by atoms with Gasteiger partial charge in [0.1, 0.15) is 28.7 Å². The summed E-state index contributed by atoms with van der Waals surface area (Å²) in [6, 6.07) is 15.4. The fraction of sp³-hybridized carbons (Fsp3) is 0.532. The second-order valence-corrected chi connectivity index (χ2v) is 17.6. The molecule has 5 rings (SSSR count). The quantitative estimate of drug-likeness (QED) is 0.0458. The Morgan fingerprint density at radius 2 is 1.21 bits per heavy atom. The van der Waals surface area contributed by atoms with Gasteiger partial charge in [-0.25, -0.2) is 0 Å². The predicted octanol–water partition coefficient (Wildman–Crippen LogP) is 8.59. The second kappa shape index (κ2) is 21.9. The van der Waals surface area contributed by atoms with Gasteiger partial charge in [0, 0.05) is 66.4 Å². The van der Waals surface area contributed by atoms with Gasteiger partial charge in [0.2, 0.25) is 5.91 Å². The number of carbonyl (C=O) groups excluding carboxylic acids is 4. The summed E-state index contributed by atoms with van der Waals surface area (Å²) in [4.78, 5) is 51.2. The van der Waals surface area contributed by atoms with Crippen molar-refractivity contribution in [1.82, 2.24) is 10.6 Å². The maximum atomic E-state index is 13.3. The van der Waals surface area contributed by atoms with Gasteiger partial charge in [0.25, 0.3) is 5.91 Å². The number of benzene rings is 3. The smallest absolute Gasteiger partial charge is 0.316 e. The van der Waals surface area contributed by atoms with Gasteiger partial charge < -0.3 is 43.8 Å². The van der Waals surface area contributed by atoms with Crippen molar-refractivity contribution in [3.05, 3.63) is 76.9 Å². The summed E-state index contributed by atoms with van der Waals surface area (Å²) in [6.07, 6.45) is 6.89. The van der Waals surface area contributed by atoms with Crippen molar-refractivity contribution in [3.8, 4) is 28.7 Å². The molecule has 332 valence electrons. The van der Waals surface area contributed by atoms with E-state index in [4.69, 9.17) is 44.8 Å². The Labute approximate surface area is 364 Å². The van der Waals surface area contributed by atoms with E-state index in [-0.39, 0.29) is 30.1 Å². The number of ether oxygens (including phenoxy) is 7. The summed E-state index contributed by atoms with van der Waals surface area (Å²) in [5.41, 5.74) is -0.456. The molecule has 61 heavy (non-hydrogen) atoms. The predicted molar refractivity (Wildman–Crippen MR) is 231 cm³/mol. The molecule has 3 aromatic rings. The Bertz CT molecular complexity index is 1910. The highest BCUT2D eigenvalue weighted by atomic mass is 35.5. The van der Waals surface area contributed by atoms with E-state index in [0.29, 0.717) is 97.6 Å². The summed E-state index contributed by atoms with van der Waals surface area (Å²) in [5.74, 6) is 1.34. The molecule has 2 aliphatic rings. The zero-order chi connectivity index (χ0) is 44.0. The third kappa shape index (κ3) is 12.9. The van der Waals surface area contributed by atoms with Crippen molar-refractivity contribution in [2.45, 2.75) is 98.5 Å². The maximum absolute atomic E-state index is 13.3. The SMILES string of the molecule is CC(C)(C)C(=O)Oc1ccc2c(c1)Oc1cc(OC(=O)C(C)(C)C)ccc1C21OCOc2cc(C(=O)NCCCCCC(=O)NCCOCCOCCCCCCCl)ccc21. The van der Waals surface area contributed by atoms with Crippen LogP contribution in [0.1, 0.15) is 120 Å².